The molecular formula is C16H20N2O5. The van der Waals surface area contributed by atoms with Gasteiger partial charge in [0.25, 0.3) is 5.91 Å². The smallest absolute Gasteiger partial charge is 0.256 e. The van der Waals surface area contributed by atoms with Gasteiger partial charge in [0.1, 0.15) is 0 Å². The van der Waals surface area contributed by atoms with Crippen LogP contribution in [0.3, 0.4) is 0 Å². The monoisotopic (exact) mass is 320 g/mol. The molecule has 1 amide bonds. The van der Waals surface area contributed by atoms with Gasteiger partial charge in [0.15, 0.2) is 11.5 Å². The van der Waals surface area contributed by atoms with Crippen molar-refractivity contribution in [2.24, 2.45) is 0 Å². The van der Waals surface area contributed by atoms with E-state index in [0.29, 0.717) is 54.5 Å². The second-order valence-corrected chi connectivity index (χ2v) is 5.17. The largest absolute Gasteiger partial charge is 0.493 e. The van der Waals surface area contributed by atoms with Crippen molar-refractivity contribution in [3.8, 4) is 17.2 Å². The van der Waals surface area contributed by atoms with E-state index in [0.717, 1.165) is 5.52 Å². The fourth-order valence-electron chi connectivity index (χ4n) is 2.87. The van der Waals surface area contributed by atoms with Crippen LogP contribution >= 0.6 is 0 Å². The summed E-state index contributed by atoms with van der Waals surface area (Å²) >= 11 is 0. The molecule has 0 unspecified atom stereocenters. The van der Waals surface area contributed by atoms with E-state index >= 15 is 0 Å². The van der Waals surface area contributed by atoms with Crippen molar-refractivity contribution in [2.45, 2.75) is 0 Å². The number of carbonyl (C=O) groups is 1. The topological polar surface area (TPSA) is 73.0 Å². The number of benzene rings is 1. The number of aromatic nitrogens is 1. The first kappa shape index (κ1) is 15.5. The first-order valence-electron chi connectivity index (χ1n) is 7.38. The van der Waals surface area contributed by atoms with E-state index in [2.05, 4.69) is 4.98 Å². The van der Waals surface area contributed by atoms with Gasteiger partial charge in [-0.25, -0.2) is 0 Å². The molecule has 0 bridgehead atoms. The van der Waals surface area contributed by atoms with Crippen LogP contribution in [0, 0.1) is 0 Å². The SMILES string of the molecule is COc1cc2[nH]cc(C(=O)N3CCOCC3)c2c(OC)c1OC. The molecule has 1 fully saturated rings. The summed E-state index contributed by atoms with van der Waals surface area (Å²) in [5, 5.41) is 0.696. The highest BCUT2D eigenvalue weighted by molar-refractivity contribution is 6.10. The number of carbonyl (C=O) groups excluding carboxylic acids is 1. The van der Waals surface area contributed by atoms with E-state index < -0.39 is 0 Å². The highest BCUT2D eigenvalue weighted by Gasteiger charge is 2.26. The van der Waals surface area contributed by atoms with Gasteiger partial charge in [-0.2, -0.15) is 0 Å². The lowest BCUT2D eigenvalue weighted by Gasteiger charge is -2.26. The summed E-state index contributed by atoms with van der Waals surface area (Å²) in [7, 11) is 4.65. The molecule has 2 aromatic rings. The minimum Gasteiger partial charge on any atom is -0.493 e. The lowest BCUT2D eigenvalue weighted by atomic mass is 10.1. The number of amides is 1. The zero-order chi connectivity index (χ0) is 16.4. The molecule has 0 radical (unpaired) electrons. The second kappa shape index (κ2) is 6.37. The van der Waals surface area contributed by atoms with Crippen LogP contribution < -0.4 is 14.2 Å². The summed E-state index contributed by atoms with van der Waals surface area (Å²) in [5.41, 5.74) is 1.32. The van der Waals surface area contributed by atoms with Crippen molar-refractivity contribution in [3.05, 3.63) is 17.8 Å². The van der Waals surface area contributed by atoms with Crippen LogP contribution in [0.25, 0.3) is 10.9 Å². The third-order valence-electron chi connectivity index (χ3n) is 4.00. The van der Waals surface area contributed by atoms with Crippen LogP contribution in [0.5, 0.6) is 17.2 Å². The Labute approximate surface area is 134 Å². The van der Waals surface area contributed by atoms with Crippen molar-refractivity contribution in [1.82, 2.24) is 9.88 Å². The Balaban J connectivity index is 2.13. The highest BCUT2D eigenvalue weighted by Crippen LogP contribution is 2.44. The van der Waals surface area contributed by atoms with E-state index in [1.165, 1.54) is 0 Å². The van der Waals surface area contributed by atoms with Crippen LogP contribution in [-0.2, 0) is 4.74 Å². The van der Waals surface area contributed by atoms with Crippen LogP contribution in [0.4, 0.5) is 0 Å². The lowest BCUT2D eigenvalue weighted by Crippen LogP contribution is -2.40. The predicted octanol–water partition coefficient (Wildman–Crippen LogP) is 1.67. The van der Waals surface area contributed by atoms with E-state index in [1.807, 2.05) is 0 Å². The number of rotatable bonds is 4. The lowest BCUT2D eigenvalue weighted by molar-refractivity contribution is 0.0304. The van der Waals surface area contributed by atoms with Crippen molar-refractivity contribution < 1.29 is 23.7 Å². The number of methoxy groups -OCH3 is 3. The van der Waals surface area contributed by atoms with Crippen LogP contribution in [0.15, 0.2) is 12.3 Å². The van der Waals surface area contributed by atoms with Crippen molar-refractivity contribution in [2.75, 3.05) is 47.6 Å². The Morgan fingerprint density at radius 3 is 2.43 bits per heavy atom. The minimum absolute atomic E-state index is 0.0509. The molecule has 7 nitrogen and oxygen atoms in total. The maximum absolute atomic E-state index is 12.8. The quantitative estimate of drug-likeness (QED) is 0.927. The molecule has 2 heterocycles. The van der Waals surface area contributed by atoms with Crippen LogP contribution in [0.2, 0.25) is 0 Å². The number of morpholine rings is 1. The van der Waals surface area contributed by atoms with Gasteiger partial charge < -0.3 is 28.8 Å². The summed E-state index contributed by atoms with van der Waals surface area (Å²) < 4.78 is 21.6. The van der Waals surface area contributed by atoms with Gasteiger partial charge in [-0.05, 0) is 0 Å². The third-order valence-corrected chi connectivity index (χ3v) is 4.00. The van der Waals surface area contributed by atoms with Gasteiger partial charge in [-0.3, -0.25) is 4.79 Å². The molecule has 1 aromatic heterocycles. The number of ether oxygens (including phenoxy) is 4. The minimum atomic E-state index is -0.0509. The average Bonchev–Trinajstić information content (AvgIpc) is 3.03. The Morgan fingerprint density at radius 2 is 1.83 bits per heavy atom. The molecule has 1 aliphatic rings. The molecule has 1 saturated heterocycles. The van der Waals surface area contributed by atoms with Gasteiger partial charge in [-0.1, -0.05) is 0 Å². The molecule has 1 aromatic carbocycles. The highest BCUT2D eigenvalue weighted by atomic mass is 16.5. The van der Waals surface area contributed by atoms with Gasteiger partial charge >= 0.3 is 0 Å². The first-order chi connectivity index (χ1) is 11.2. The van der Waals surface area contributed by atoms with Gasteiger partial charge in [0.2, 0.25) is 5.75 Å². The Bertz CT molecular complexity index is 719. The molecule has 3 rings (SSSR count). The number of nitrogens with one attached hydrogen (secondary N) is 1. The number of nitrogens with zero attached hydrogens (tertiary/aromatic N) is 1. The second-order valence-electron chi connectivity index (χ2n) is 5.17. The normalized spacial score (nSPS) is 14.8. The summed E-state index contributed by atoms with van der Waals surface area (Å²) in [6.07, 6.45) is 1.70. The molecule has 7 heteroatoms. The van der Waals surface area contributed by atoms with E-state index in [9.17, 15) is 4.79 Å². The average molecular weight is 320 g/mol. The molecule has 1 N–H and O–H groups in total. The molecule has 0 aliphatic carbocycles. The Hall–Kier alpha value is -2.41. The number of aromatic amines is 1. The molecule has 124 valence electrons. The molecule has 1 aliphatic heterocycles. The standard InChI is InChI=1S/C16H20N2O5/c1-20-12-8-11-13(15(22-3)14(12)21-2)10(9-17-11)16(19)18-4-6-23-7-5-18/h8-9,17H,4-7H2,1-3H3. The van der Waals surface area contributed by atoms with E-state index in [-0.39, 0.29) is 5.91 Å². The number of H-pyrrole nitrogens is 1. The van der Waals surface area contributed by atoms with E-state index in [4.69, 9.17) is 18.9 Å². The maximum Gasteiger partial charge on any atom is 0.256 e. The summed E-state index contributed by atoms with van der Waals surface area (Å²) in [6.45, 7) is 2.28. The van der Waals surface area contributed by atoms with Gasteiger partial charge in [-0.15, -0.1) is 0 Å². The first-order valence-corrected chi connectivity index (χ1v) is 7.38. The number of fused-ring (bicyclic) bond motifs is 1. The number of hydrogen-bond donors (Lipinski definition) is 1. The zero-order valence-electron chi connectivity index (χ0n) is 13.5. The van der Waals surface area contributed by atoms with Crippen molar-refractivity contribution in [3.63, 3.8) is 0 Å². The van der Waals surface area contributed by atoms with E-state index in [1.54, 1.807) is 38.5 Å². The fraction of sp³-hybridized carbons (Fsp3) is 0.438. The van der Waals surface area contributed by atoms with Crippen molar-refractivity contribution >= 4 is 16.8 Å². The third kappa shape index (κ3) is 2.57. The number of hydrogen-bond acceptors (Lipinski definition) is 5. The Kier molecular flexibility index (Phi) is 4.29. The summed E-state index contributed by atoms with van der Waals surface area (Å²) in [4.78, 5) is 17.7. The molecule has 0 spiro atoms. The zero-order valence-corrected chi connectivity index (χ0v) is 13.5. The molecule has 0 atom stereocenters. The molecule has 23 heavy (non-hydrogen) atoms. The summed E-state index contributed by atoms with van der Waals surface area (Å²) in [5.74, 6) is 1.45. The van der Waals surface area contributed by atoms with Crippen LogP contribution in [-0.4, -0.2) is 63.4 Å². The van der Waals surface area contributed by atoms with Crippen LogP contribution in [0.1, 0.15) is 10.4 Å². The van der Waals surface area contributed by atoms with Gasteiger partial charge in [0, 0.05) is 25.4 Å². The molecule has 0 saturated carbocycles. The maximum atomic E-state index is 12.8. The molecular weight excluding hydrogens is 300 g/mol. The Morgan fingerprint density at radius 1 is 1.13 bits per heavy atom. The van der Waals surface area contributed by atoms with Crippen molar-refractivity contribution in [1.29, 1.82) is 0 Å². The summed E-state index contributed by atoms with van der Waals surface area (Å²) in [6, 6.07) is 1.80. The predicted molar refractivity (Wildman–Crippen MR) is 84.7 cm³/mol. The fourth-order valence-corrected chi connectivity index (χ4v) is 2.87. The van der Waals surface area contributed by atoms with Gasteiger partial charge in [0.05, 0.1) is 51.0 Å².